The molecule has 0 heterocycles. The molecule has 0 saturated heterocycles. The second-order valence-electron chi connectivity index (χ2n) is 3.74. The summed E-state index contributed by atoms with van der Waals surface area (Å²) in [5.41, 5.74) is -0.185. The van der Waals surface area contributed by atoms with Crippen molar-refractivity contribution in [3.63, 3.8) is 0 Å². The maximum Gasteiger partial charge on any atom is 0.314 e. The number of benzene rings is 2. The lowest BCUT2D eigenvalue weighted by atomic mass is 10.2. The minimum atomic E-state index is -0.546. The van der Waals surface area contributed by atoms with Crippen molar-refractivity contribution in [2.24, 2.45) is 0 Å². The van der Waals surface area contributed by atoms with Crippen LogP contribution in [0.1, 0.15) is 0 Å². The molecule has 0 atom stereocenters. The Hall–Kier alpha value is -1.98. The van der Waals surface area contributed by atoms with Crippen LogP contribution in [0.3, 0.4) is 0 Å². The third kappa shape index (κ3) is 2.95. The molecule has 2 aromatic rings. The number of hydrogen-bond donors (Lipinski definition) is 0. The van der Waals surface area contributed by atoms with Gasteiger partial charge in [-0.1, -0.05) is 29.3 Å². The van der Waals surface area contributed by atoms with Crippen molar-refractivity contribution in [2.45, 2.75) is 0 Å². The third-order valence-corrected chi connectivity index (χ3v) is 3.00. The first-order valence-corrected chi connectivity index (χ1v) is 6.23. The van der Waals surface area contributed by atoms with Crippen LogP contribution < -0.4 is 9.47 Å². The van der Waals surface area contributed by atoms with Crippen LogP contribution in [0.5, 0.6) is 17.2 Å². The van der Waals surface area contributed by atoms with Gasteiger partial charge in [0.15, 0.2) is 5.75 Å². The van der Waals surface area contributed by atoms with Crippen molar-refractivity contribution in [1.82, 2.24) is 0 Å². The predicted molar refractivity (Wildman–Crippen MR) is 76.2 cm³/mol. The highest BCUT2D eigenvalue weighted by molar-refractivity contribution is 6.35. The Balaban J connectivity index is 2.43. The van der Waals surface area contributed by atoms with Gasteiger partial charge >= 0.3 is 5.69 Å². The number of nitrogens with zero attached hydrogens (tertiary/aromatic N) is 1. The first kappa shape index (κ1) is 14.4. The lowest BCUT2D eigenvalue weighted by Gasteiger charge is -2.11. The third-order valence-electron chi connectivity index (χ3n) is 2.47. The maximum atomic E-state index is 10.9. The summed E-state index contributed by atoms with van der Waals surface area (Å²) >= 11 is 11.8. The van der Waals surface area contributed by atoms with Crippen LogP contribution in [0.2, 0.25) is 10.0 Å². The molecule has 0 unspecified atom stereocenters. The van der Waals surface area contributed by atoms with Gasteiger partial charge in [-0.05, 0) is 24.3 Å². The van der Waals surface area contributed by atoms with Crippen molar-refractivity contribution in [2.75, 3.05) is 7.11 Å². The van der Waals surface area contributed by atoms with Gasteiger partial charge in [-0.25, -0.2) is 0 Å². The van der Waals surface area contributed by atoms with Gasteiger partial charge < -0.3 is 9.47 Å². The topological polar surface area (TPSA) is 61.6 Å². The van der Waals surface area contributed by atoms with Gasteiger partial charge in [-0.15, -0.1) is 0 Å². The average molecular weight is 314 g/mol. The fourth-order valence-corrected chi connectivity index (χ4v) is 2.06. The van der Waals surface area contributed by atoms with Crippen molar-refractivity contribution < 1.29 is 14.4 Å². The minimum absolute atomic E-state index is 0.0310. The smallest absolute Gasteiger partial charge is 0.314 e. The molecule has 2 rings (SSSR count). The summed E-state index contributed by atoms with van der Waals surface area (Å²) in [6.45, 7) is 0. The van der Waals surface area contributed by atoms with Crippen LogP contribution in [0.4, 0.5) is 5.69 Å². The Bertz CT molecular complexity index is 661. The van der Waals surface area contributed by atoms with Gasteiger partial charge in [0.25, 0.3) is 0 Å². The van der Waals surface area contributed by atoms with E-state index in [-0.39, 0.29) is 17.2 Å². The summed E-state index contributed by atoms with van der Waals surface area (Å²) in [4.78, 5) is 10.4. The van der Waals surface area contributed by atoms with Crippen LogP contribution in [0, 0.1) is 10.1 Å². The van der Waals surface area contributed by atoms with Crippen LogP contribution in [0.25, 0.3) is 0 Å². The summed E-state index contributed by atoms with van der Waals surface area (Å²) in [6, 6.07) is 9.07. The minimum Gasteiger partial charge on any atom is -0.488 e. The molecule has 104 valence electrons. The highest BCUT2D eigenvalue weighted by atomic mass is 35.5. The molecule has 0 fully saturated rings. The fraction of sp³-hybridized carbons (Fsp3) is 0.0769. The van der Waals surface area contributed by atoms with E-state index in [1.165, 1.54) is 25.3 Å². The monoisotopic (exact) mass is 313 g/mol. The number of halogens is 2. The molecule has 5 nitrogen and oxygen atoms in total. The molecule has 0 spiro atoms. The van der Waals surface area contributed by atoms with E-state index in [9.17, 15) is 10.1 Å². The predicted octanol–water partition coefficient (Wildman–Crippen LogP) is 4.70. The van der Waals surface area contributed by atoms with E-state index in [1.807, 2.05) is 0 Å². The molecular weight excluding hydrogens is 305 g/mol. The number of ether oxygens (including phenoxy) is 2. The van der Waals surface area contributed by atoms with Gasteiger partial charge in [0, 0.05) is 11.1 Å². The summed E-state index contributed by atoms with van der Waals surface area (Å²) in [5, 5.41) is 11.7. The Morgan fingerprint density at radius 2 is 1.90 bits per heavy atom. The van der Waals surface area contributed by atoms with E-state index < -0.39 is 4.92 Å². The number of para-hydroxylation sites is 1. The van der Waals surface area contributed by atoms with Crippen molar-refractivity contribution >= 4 is 28.9 Å². The molecule has 7 heteroatoms. The summed E-state index contributed by atoms with van der Waals surface area (Å²) < 4.78 is 10.6. The Morgan fingerprint density at radius 1 is 1.15 bits per heavy atom. The molecule has 0 aromatic heterocycles. The van der Waals surface area contributed by atoms with Crippen molar-refractivity contribution in [3.05, 3.63) is 56.6 Å². The summed E-state index contributed by atoms with van der Waals surface area (Å²) in [7, 11) is 1.33. The number of nitro groups is 1. The molecule has 0 N–H and O–H groups in total. The van der Waals surface area contributed by atoms with E-state index in [0.29, 0.717) is 15.8 Å². The SMILES string of the molecule is COc1c(Oc2ccc(Cl)cc2Cl)cccc1[N+](=O)[O-]. The van der Waals surface area contributed by atoms with Crippen LogP contribution in [-0.2, 0) is 0 Å². The van der Waals surface area contributed by atoms with Gasteiger partial charge in [0.1, 0.15) is 5.75 Å². The van der Waals surface area contributed by atoms with Crippen LogP contribution in [0.15, 0.2) is 36.4 Å². The first-order chi connectivity index (χ1) is 9.52. The van der Waals surface area contributed by atoms with Crippen molar-refractivity contribution in [3.8, 4) is 17.2 Å². The maximum absolute atomic E-state index is 10.9. The standard InChI is InChI=1S/C13H9Cl2NO4/c1-19-13-10(16(17)18)3-2-4-12(13)20-11-6-5-8(14)7-9(11)15/h2-7H,1H3. The normalized spacial score (nSPS) is 10.2. The summed E-state index contributed by atoms with van der Waals surface area (Å²) in [6.07, 6.45) is 0. The molecule has 0 bridgehead atoms. The van der Waals surface area contributed by atoms with Gasteiger partial charge in [-0.3, -0.25) is 10.1 Å². The molecule has 0 amide bonds. The number of nitro benzene ring substituents is 1. The lowest BCUT2D eigenvalue weighted by molar-refractivity contribution is -0.385. The van der Waals surface area contributed by atoms with E-state index in [2.05, 4.69) is 0 Å². The van der Waals surface area contributed by atoms with Gasteiger partial charge in [0.2, 0.25) is 5.75 Å². The van der Waals surface area contributed by atoms with Gasteiger partial charge in [-0.2, -0.15) is 0 Å². The van der Waals surface area contributed by atoms with Crippen LogP contribution in [-0.4, -0.2) is 12.0 Å². The molecular formula is C13H9Cl2NO4. The van der Waals surface area contributed by atoms with E-state index in [0.717, 1.165) is 0 Å². The largest absolute Gasteiger partial charge is 0.488 e. The molecule has 0 aliphatic heterocycles. The zero-order valence-corrected chi connectivity index (χ0v) is 11.8. The Kier molecular flexibility index (Phi) is 4.32. The molecule has 0 saturated carbocycles. The molecule has 0 aliphatic rings. The number of hydrogen-bond acceptors (Lipinski definition) is 4. The molecule has 0 radical (unpaired) electrons. The second kappa shape index (κ2) is 5.98. The average Bonchev–Trinajstić information content (AvgIpc) is 2.41. The first-order valence-electron chi connectivity index (χ1n) is 5.47. The number of rotatable bonds is 4. The van der Waals surface area contributed by atoms with E-state index >= 15 is 0 Å². The molecule has 20 heavy (non-hydrogen) atoms. The lowest BCUT2D eigenvalue weighted by Crippen LogP contribution is -1.96. The molecule has 2 aromatic carbocycles. The molecule has 0 aliphatic carbocycles. The zero-order valence-electron chi connectivity index (χ0n) is 10.3. The van der Waals surface area contributed by atoms with E-state index in [1.54, 1.807) is 18.2 Å². The highest BCUT2D eigenvalue weighted by Gasteiger charge is 2.20. The Morgan fingerprint density at radius 3 is 2.50 bits per heavy atom. The summed E-state index contributed by atoms with van der Waals surface area (Å²) in [5.74, 6) is 0.560. The second-order valence-corrected chi connectivity index (χ2v) is 4.59. The van der Waals surface area contributed by atoms with E-state index in [4.69, 9.17) is 32.7 Å². The quantitative estimate of drug-likeness (QED) is 0.606. The van der Waals surface area contributed by atoms with Crippen molar-refractivity contribution in [1.29, 1.82) is 0 Å². The van der Waals surface area contributed by atoms with Gasteiger partial charge in [0.05, 0.1) is 17.1 Å². The van der Waals surface area contributed by atoms with Crippen LogP contribution >= 0.6 is 23.2 Å². The highest BCUT2D eigenvalue weighted by Crippen LogP contribution is 2.40. The Labute approximate surface area is 124 Å². The fourth-order valence-electron chi connectivity index (χ4n) is 1.61. The number of methoxy groups -OCH3 is 1. The zero-order chi connectivity index (χ0) is 14.7.